The Bertz CT molecular complexity index is 479. The zero-order valence-corrected chi connectivity index (χ0v) is 9.67. The van der Waals surface area contributed by atoms with Gasteiger partial charge in [-0.3, -0.25) is 14.6 Å². The number of hydrogen-bond donors (Lipinski definition) is 1. The molecule has 0 amide bonds. The number of hydrogen-bond acceptors (Lipinski definition) is 2. The van der Waals surface area contributed by atoms with Crippen molar-refractivity contribution in [3.05, 3.63) is 33.2 Å². The highest BCUT2D eigenvalue weighted by Gasteiger charge is 2.06. The van der Waals surface area contributed by atoms with Crippen LogP contribution in [0.15, 0.2) is 27.7 Å². The smallest absolute Gasteiger partial charge is 0.267 e. The average molecular weight is 222 g/mol. The third kappa shape index (κ3) is 2.21. The predicted octanol–water partition coefficient (Wildman–Crippen LogP) is 2.56. The quantitative estimate of drug-likeness (QED) is 0.851. The van der Waals surface area contributed by atoms with Crippen LogP contribution in [0.25, 0.3) is 11.3 Å². The molecule has 80 valence electrons. The summed E-state index contributed by atoms with van der Waals surface area (Å²) in [7, 11) is 0. The van der Waals surface area contributed by atoms with Crippen LogP contribution in [0.3, 0.4) is 0 Å². The molecule has 0 saturated carbocycles. The Morgan fingerprint density at radius 1 is 1.53 bits per heavy atom. The van der Waals surface area contributed by atoms with E-state index in [2.05, 4.69) is 18.9 Å². The van der Waals surface area contributed by atoms with E-state index in [1.54, 1.807) is 22.1 Å². The van der Waals surface area contributed by atoms with Crippen LogP contribution in [-0.2, 0) is 6.54 Å². The van der Waals surface area contributed by atoms with Crippen LogP contribution in [0.5, 0.6) is 0 Å². The number of thiophene rings is 1. The summed E-state index contributed by atoms with van der Waals surface area (Å²) in [6.07, 6.45) is 0. The Morgan fingerprint density at radius 2 is 2.33 bits per heavy atom. The maximum Gasteiger partial charge on any atom is 0.267 e. The maximum atomic E-state index is 11.6. The number of nitrogens with zero attached hydrogens (tertiary/aromatic N) is 1. The van der Waals surface area contributed by atoms with Crippen LogP contribution in [0, 0.1) is 5.92 Å². The topological polar surface area (TPSA) is 37.8 Å². The summed E-state index contributed by atoms with van der Waals surface area (Å²) in [5.41, 5.74) is 2.03. The van der Waals surface area contributed by atoms with Crippen molar-refractivity contribution in [3.8, 4) is 11.3 Å². The van der Waals surface area contributed by atoms with Gasteiger partial charge < -0.3 is 0 Å². The van der Waals surface area contributed by atoms with E-state index in [4.69, 9.17) is 0 Å². The fourth-order valence-corrected chi connectivity index (χ4v) is 2.16. The van der Waals surface area contributed by atoms with Gasteiger partial charge in [-0.2, -0.15) is 11.3 Å². The first-order chi connectivity index (χ1) is 7.16. The molecule has 1 N–H and O–H groups in total. The fraction of sp³-hybridized carbons (Fsp3) is 0.364. The summed E-state index contributed by atoms with van der Waals surface area (Å²) in [4.78, 5) is 11.6. The standard InChI is InChI=1S/C11H14N2OS/c1-8(2)6-13-11(14)5-10(12-13)9-3-4-15-7-9/h3-5,7-8,12H,6H2,1-2H3. The molecule has 0 fully saturated rings. The lowest BCUT2D eigenvalue weighted by molar-refractivity contribution is 0.474. The van der Waals surface area contributed by atoms with E-state index in [1.807, 2.05) is 16.8 Å². The minimum Gasteiger partial charge on any atom is -0.295 e. The van der Waals surface area contributed by atoms with Crippen LogP contribution < -0.4 is 5.56 Å². The first-order valence-corrected chi connectivity index (χ1v) is 5.93. The van der Waals surface area contributed by atoms with Gasteiger partial charge in [-0.1, -0.05) is 13.8 Å². The molecule has 2 aromatic heterocycles. The van der Waals surface area contributed by atoms with Gasteiger partial charge >= 0.3 is 0 Å². The maximum absolute atomic E-state index is 11.6. The molecule has 2 heterocycles. The molecule has 0 aliphatic carbocycles. The average Bonchev–Trinajstić information content (AvgIpc) is 2.75. The third-order valence-electron chi connectivity index (χ3n) is 2.17. The Morgan fingerprint density at radius 3 is 2.93 bits per heavy atom. The minimum absolute atomic E-state index is 0.0462. The van der Waals surface area contributed by atoms with Gasteiger partial charge in [0.25, 0.3) is 5.56 Å². The van der Waals surface area contributed by atoms with Gasteiger partial charge in [-0.15, -0.1) is 0 Å². The molecule has 0 aliphatic rings. The van der Waals surface area contributed by atoms with Gasteiger partial charge in [0, 0.05) is 23.6 Å². The lowest BCUT2D eigenvalue weighted by Crippen LogP contribution is -2.18. The van der Waals surface area contributed by atoms with E-state index in [0.717, 1.165) is 17.8 Å². The van der Waals surface area contributed by atoms with E-state index >= 15 is 0 Å². The molecule has 3 nitrogen and oxygen atoms in total. The summed E-state index contributed by atoms with van der Waals surface area (Å²) in [6.45, 7) is 4.93. The summed E-state index contributed by atoms with van der Waals surface area (Å²) in [5.74, 6) is 0.469. The van der Waals surface area contributed by atoms with Crippen molar-refractivity contribution in [3.63, 3.8) is 0 Å². The van der Waals surface area contributed by atoms with Gasteiger partial charge in [-0.05, 0) is 17.4 Å². The molecule has 0 aliphatic heterocycles. The molecule has 4 heteroatoms. The zero-order chi connectivity index (χ0) is 10.8. The molecule has 0 saturated heterocycles. The second-order valence-corrected chi connectivity index (χ2v) is 4.80. The largest absolute Gasteiger partial charge is 0.295 e. The highest BCUT2D eigenvalue weighted by Crippen LogP contribution is 2.18. The van der Waals surface area contributed by atoms with E-state index < -0.39 is 0 Å². The third-order valence-corrected chi connectivity index (χ3v) is 2.85. The summed E-state index contributed by atoms with van der Waals surface area (Å²) >= 11 is 1.63. The lowest BCUT2D eigenvalue weighted by atomic mass is 10.2. The fourth-order valence-electron chi connectivity index (χ4n) is 1.50. The van der Waals surface area contributed by atoms with Crippen molar-refractivity contribution < 1.29 is 0 Å². The van der Waals surface area contributed by atoms with Gasteiger partial charge in [0.1, 0.15) is 0 Å². The minimum atomic E-state index is 0.0462. The Balaban J connectivity index is 2.33. The molecular formula is C11H14N2OS. The second kappa shape index (κ2) is 4.06. The molecule has 0 spiro atoms. The molecule has 0 radical (unpaired) electrons. The molecule has 2 aromatic rings. The number of rotatable bonds is 3. The van der Waals surface area contributed by atoms with Gasteiger partial charge in [0.05, 0.1) is 5.69 Å². The van der Waals surface area contributed by atoms with E-state index in [1.165, 1.54) is 0 Å². The van der Waals surface area contributed by atoms with E-state index in [9.17, 15) is 4.79 Å². The first-order valence-electron chi connectivity index (χ1n) is 4.99. The normalized spacial score (nSPS) is 11.1. The molecule has 0 bridgehead atoms. The second-order valence-electron chi connectivity index (χ2n) is 4.02. The van der Waals surface area contributed by atoms with Crippen molar-refractivity contribution in [1.29, 1.82) is 0 Å². The molecular weight excluding hydrogens is 208 g/mol. The lowest BCUT2D eigenvalue weighted by Gasteiger charge is -2.04. The molecule has 0 atom stereocenters. The van der Waals surface area contributed by atoms with Crippen molar-refractivity contribution in [2.75, 3.05) is 0 Å². The van der Waals surface area contributed by atoms with Crippen molar-refractivity contribution in [2.45, 2.75) is 20.4 Å². The summed E-state index contributed by atoms with van der Waals surface area (Å²) in [5, 5.41) is 7.17. The summed E-state index contributed by atoms with van der Waals surface area (Å²) in [6, 6.07) is 3.67. The van der Waals surface area contributed by atoms with Crippen LogP contribution in [0.1, 0.15) is 13.8 Å². The molecule has 15 heavy (non-hydrogen) atoms. The Kier molecular flexibility index (Phi) is 2.77. The first kappa shape index (κ1) is 10.2. The van der Waals surface area contributed by atoms with Crippen molar-refractivity contribution in [1.82, 2.24) is 9.78 Å². The van der Waals surface area contributed by atoms with Gasteiger partial charge in [-0.25, -0.2) is 0 Å². The SMILES string of the molecule is CC(C)Cn1[nH]c(-c2ccsc2)cc1=O. The van der Waals surface area contributed by atoms with Crippen LogP contribution in [-0.4, -0.2) is 9.78 Å². The number of H-pyrrole nitrogens is 1. The van der Waals surface area contributed by atoms with Crippen LogP contribution >= 0.6 is 11.3 Å². The predicted molar refractivity (Wildman–Crippen MR) is 63.2 cm³/mol. The molecule has 2 rings (SSSR count). The number of aromatic amines is 1. The summed E-state index contributed by atoms with van der Waals surface area (Å²) < 4.78 is 1.66. The highest BCUT2D eigenvalue weighted by molar-refractivity contribution is 7.08. The number of nitrogens with one attached hydrogen (secondary N) is 1. The van der Waals surface area contributed by atoms with E-state index in [0.29, 0.717) is 5.92 Å². The Labute approximate surface area is 92.4 Å². The van der Waals surface area contributed by atoms with Crippen molar-refractivity contribution in [2.24, 2.45) is 5.92 Å². The number of aromatic nitrogens is 2. The van der Waals surface area contributed by atoms with Gasteiger partial charge in [0.15, 0.2) is 0 Å². The van der Waals surface area contributed by atoms with Gasteiger partial charge in [0.2, 0.25) is 0 Å². The molecule has 0 unspecified atom stereocenters. The van der Waals surface area contributed by atoms with Crippen LogP contribution in [0.2, 0.25) is 0 Å². The van der Waals surface area contributed by atoms with Crippen molar-refractivity contribution >= 4 is 11.3 Å². The van der Waals surface area contributed by atoms with E-state index in [-0.39, 0.29) is 5.56 Å². The monoisotopic (exact) mass is 222 g/mol. The molecule has 0 aromatic carbocycles. The highest BCUT2D eigenvalue weighted by atomic mass is 32.1. The Hall–Kier alpha value is -1.29. The van der Waals surface area contributed by atoms with Crippen LogP contribution in [0.4, 0.5) is 0 Å². The zero-order valence-electron chi connectivity index (χ0n) is 8.86.